The number of nitro groups is 1. The van der Waals surface area contributed by atoms with Crippen molar-refractivity contribution in [2.45, 2.75) is 6.92 Å². The van der Waals surface area contributed by atoms with E-state index in [2.05, 4.69) is 5.32 Å². The molecule has 0 aliphatic heterocycles. The number of nitrogens with zero attached hydrogens (tertiary/aromatic N) is 1. The molecule has 0 radical (unpaired) electrons. The first-order valence-electron chi connectivity index (χ1n) is 3.66. The number of nitrogens with one attached hydrogen (secondary N) is 2. The highest BCUT2D eigenvalue weighted by molar-refractivity contribution is 5.91. The fraction of sp³-hybridized carbons (Fsp3) is 0.125. The van der Waals surface area contributed by atoms with E-state index in [-0.39, 0.29) is 11.5 Å². The summed E-state index contributed by atoms with van der Waals surface area (Å²) in [7, 11) is 0. The van der Waals surface area contributed by atoms with Gasteiger partial charge in [0, 0.05) is 17.8 Å². The highest BCUT2D eigenvalue weighted by atomic mass is 16.6. The molecule has 0 aliphatic rings. The van der Waals surface area contributed by atoms with Crippen LogP contribution < -0.4 is 5.32 Å². The standard InChI is InChI=1S/C8H9N3O2/c1-6(9)10-7-3-2-4-8(5-7)11(12)13/h2-5H,1H3,(H2,9,10). The van der Waals surface area contributed by atoms with E-state index in [4.69, 9.17) is 5.41 Å². The van der Waals surface area contributed by atoms with E-state index in [1.165, 1.54) is 12.1 Å². The maximum absolute atomic E-state index is 10.4. The van der Waals surface area contributed by atoms with Gasteiger partial charge in [0.05, 0.1) is 10.8 Å². The van der Waals surface area contributed by atoms with E-state index in [0.29, 0.717) is 5.69 Å². The van der Waals surface area contributed by atoms with Crippen LogP contribution in [-0.2, 0) is 0 Å². The summed E-state index contributed by atoms with van der Waals surface area (Å²) in [6.07, 6.45) is 0. The number of anilines is 1. The van der Waals surface area contributed by atoms with Crippen molar-refractivity contribution in [1.82, 2.24) is 0 Å². The van der Waals surface area contributed by atoms with Crippen molar-refractivity contribution in [3.8, 4) is 0 Å². The molecule has 1 aromatic carbocycles. The molecule has 13 heavy (non-hydrogen) atoms. The number of nitro benzene ring substituents is 1. The number of hydrogen-bond acceptors (Lipinski definition) is 3. The summed E-state index contributed by atoms with van der Waals surface area (Å²) in [5, 5.41) is 20.2. The average Bonchev–Trinajstić information content (AvgIpc) is 2.03. The fourth-order valence-corrected chi connectivity index (χ4v) is 0.914. The second-order valence-corrected chi connectivity index (χ2v) is 2.56. The Bertz CT molecular complexity index is 349. The Hall–Kier alpha value is -1.91. The predicted molar refractivity (Wildman–Crippen MR) is 50.1 cm³/mol. The third kappa shape index (κ3) is 2.55. The van der Waals surface area contributed by atoms with Crippen LogP contribution in [0, 0.1) is 15.5 Å². The Kier molecular flexibility index (Phi) is 2.59. The summed E-state index contributed by atoms with van der Waals surface area (Å²) < 4.78 is 0. The summed E-state index contributed by atoms with van der Waals surface area (Å²) >= 11 is 0. The molecule has 0 atom stereocenters. The van der Waals surface area contributed by atoms with Crippen LogP contribution in [-0.4, -0.2) is 10.8 Å². The van der Waals surface area contributed by atoms with Crippen LogP contribution in [0.1, 0.15) is 6.92 Å². The zero-order chi connectivity index (χ0) is 9.84. The molecule has 1 rings (SSSR count). The first-order valence-corrected chi connectivity index (χ1v) is 3.66. The molecule has 0 amide bonds. The largest absolute Gasteiger partial charge is 0.344 e. The molecule has 0 spiro atoms. The molecule has 0 unspecified atom stereocenters. The maximum atomic E-state index is 10.4. The average molecular weight is 179 g/mol. The van der Waals surface area contributed by atoms with Crippen LogP contribution in [0.3, 0.4) is 0 Å². The second kappa shape index (κ2) is 3.66. The van der Waals surface area contributed by atoms with Gasteiger partial charge in [-0.05, 0) is 13.0 Å². The number of non-ortho nitro benzene ring substituents is 1. The summed E-state index contributed by atoms with van der Waals surface area (Å²) in [5.41, 5.74) is 0.577. The molecule has 0 fully saturated rings. The summed E-state index contributed by atoms with van der Waals surface area (Å²) in [5.74, 6) is 0.250. The first-order chi connectivity index (χ1) is 6.09. The highest BCUT2D eigenvalue weighted by Crippen LogP contribution is 2.16. The van der Waals surface area contributed by atoms with Gasteiger partial charge in [0.1, 0.15) is 0 Å². The molecule has 2 N–H and O–H groups in total. The number of amidine groups is 1. The number of benzene rings is 1. The van der Waals surface area contributed by atoms with Crippen molar-refractivity contribution < 1.29 is 4.92 Å². The van der Waals surface area contributed by atoms with Crippen molar-refractivity contribution in [2.24, 2.45) is 0 Å². The van der Waals surface area contributed by atoms with Crippen LogP contribution in [0.15, 0.2) is 24.3 Å². The zero-order valence-corrected chi connectivity index (χ0v) is 7.07. The third-order valence-electron chi connectivity index (χ3n) is 1.39. The van der Waals surface area contributed by atoms with Gasteiger partial charge in [0.25, 0.3) is 5.69 Å². The minimum atomic E-state index is -0.468. The SMILES string of the molecule is CC(=N)Nc1cccc([N+](=O)[O-])c1. The molecule has 0 saturated carbocycles. The summed E-state index contributed by atoms with van der Waals surface area (Å²) in [4.78, 5) is 9.90. The monoisotopic (exact) mass is 179 g/mol. The van der Waals surface area contributed by atoms with Gasteiger partial charge in [-0.1, -0.05) is 6.07 Å². The molecule has 0 saturated heterocycles. The van der Waals surface area contributed by atoms with Crippen molar-refractivity contribution in [3.05, 3.63) is 34.4 Å². The van der Waals surface area contributed by atoms with Crippen LogP contribution in [0.25, 0.3) is 0 Å². The smallest absolute Gasteiger partial charge is 0.271 e. The number of hydrogen-bond donors (Lipinski definition) is 2. The summed E-state index contributed by atoms with van der Waals surface area (Å²) in [6, 6.07) is 6.04. The van der Waals surface area contributed by atoms with E-state index in [1.807, 2.05) is 0 Å². The Morgan fingerprint density at radius 2 is 2.31 bits per heavy atom. The molecular weight excluding hydrogens is 170 g/mol. The van der Waals surface area contributed by atoms with E-state index < -0.39 is 4.92 Å². The minimum Gasteiger partial charge on any atom is -0.344 e. The van der Waals surface area contributed by atoms with Crippen LogP contribution >= 0.6 is 0 Å². The maximum Gasteiger partial charge on any atom is 0.271 e. The Morgan fingerprint density at radius 1 is 1.62 bits per heavy atom. The van der Waals surface area contributed by atoms with Gasteiger partial charge in [-0.2, -0.15) is 0 Å². The molecular formula is C8H9N3O2. The third-order valence-corrected chi connectivity index (χ3v) is 1.39. The lowest BCUT2D eigenvalue weighted by molar-refractivity contribution is -0.384. The topological polar surface area (TPSA) is 79.0 Å². The second-order valence-electron chi connectivity index (χ2n) is 2.56. The summed E-state index contributed by atoms with van der Waals surface area (Å²) in [6.45, 7) is 1.57. The van der Waals surface area contributed by atoms with Crippen molar-refractivity contribution in [3.63, 3.8) is 0 Å². The quantitative estimate of drug-likeness (QED) is 0.315. The minimum absolute atomic E-state index is 0.0197. The molecule has 1 aromatic rings. The molecule has 0 aliphatic carbocycles. The predicted octanol–water partition coefficient (Wildman–Crippen LogP) is 2.00. The molecule has 5 nitrogen and oxygen atoms in total. The van der Waals surface area contributed by atoms with E-state index in [0.717, 1.165) is 0 Å². The normalized spacial score (nSPS) is 9.31. The van der Waals surface area contributed by atoms with Gasteiger partial charge >= 0.3 is 0 Å². The first kappa shape index (κ1) is 9.18. The molecule has 0 aromatic heterocycles. The van der Waals surface area contributed by atoms with Crippen LogP contribution in [0.5, 0.6) is 0 Å². The Labute approximate surface area is 75.0 Å². The van der Waals surface area contributed by atoms with Crippen molar-refractivity contribution in [2.75, 3.05) is 5.32 Å². The number of rotatable bonds is 2. The van der Waals surface area contributed by atoms with Gasteiger partial charge in [0.2, 0.25) is 0 Å². The van der Waals surface area contributed by atoms with Crippen molar-refractivity contribution >= 4 is 17.2 Å². The molecule has 68 valence electrons. The van der Waals surface area contributed by atoms with E-state index >= 15 is 0 Å². The van der Waals surface area contributed by atoms with Gasteiger partial charge in [-0.15, -0.1) is 0 Å². The lowest BCUT2D eigenvalue weighted by Crippen LogP contribution is -2.04. The highest BCUT2D eigenvalue weighted by Gasteiger charge is 2.04. The van der Waals surface area contributed by atoms with Gasteiger partial charge in [-0.25, -0.2) is 0 Å². The Morgan fingerprint density at radius 3 is 2.85 bits per heavy atom. The zero-order valence-electron chi connectivity index (χ0n) is 7.07. The molecule has 5 heteroatoms. The Balaban J connectivity index is 2.91. The molecule has 0 bridgehead atoms. The lowest BCUT2D eigenvalue weighted by atomic mass is 10.3. The van der Waals surface area contributed by atoms with Gasteiger partial charge < -0.3 is 5.32 Å². The fourth-order valence-electron chi connectivity index (χ4n) is 0.914. The van der Waals surface area contributed by atoms with Gasteiger partial charge in [0.15, 0.2) is 0 Å². The lowest BCUT2D eigenvalue weighted by Gasteiger charge is -2.02. The van der Waals surface area contributed by atoms with E-state index in [9.17, 15) is 10.1 Å². The van der Waals surface area contributed by atoms with Gasteiger partial charge in [-0.3, -0.25) is 15.5 Å². The van der Waals surface area contributed by atoms with Crippen LogP contribution in [0.2, 0.25) is 0 Å². The van der Waals surface area contributed by atoms with Crippen molar-refractivity contribution in [1.29, 1.82) is 5.41 Å². The van der Waals surface area contributed by atoms with Crippen LogP contribution in [0.4, 0.5) is 11.4 Å². The van der Waals surface area contributed by atoms with E-state index in [1.54, 1.807) is 19.1 Å². The molecule has 0 heterocycles.